The van der Waals surface area contributed by atoms with E-state index in [2.05, 4.69) is 30.1 Å². The summed E-state index contributed by atoms with van der Waals surface area (Å²) in [6.07, 6.45) is 5.99. The lowest BCUT2D eigenvalue weighted by molar-refractivity contribution is -0.139. The van der Waals surface area contributed by atoms with Crippen LogP contribution in [0.1, 0.15) is 77.2 Å². The van der Waals surface area contributed by atoms with Gasteiger partial charge in [0, 0.05) is 29.5 Å². The molecule has 0 aromatic heterocycles. The number of carbonyl (C=O) groups excluding carboxylic acids is 2. The molecule has 0 bridgehead atoms. The molecule has 1 saturated heterocycles. The van der Waals surface area contributed by atoms with Crippen molar-refractivity contribution in [1.29, 1.82) is 0 Å². The minimum atomic E-state index is -4.51. The first-order chi connectivity index (χ1) is 17.0. The smallest absolute Gasteiger partial charge is 0.325 e. The van der Waals surface area contributed by atoms with Crippen molar-refractivity contribution < 1.29 is 22.8 Å². The summed E-state index contributed by atoms with van der Waals surface area (Å²) in [5.41, 5.74) is 0.0717. The van der Waals surface area contributed by atoms with Crippen LogP contribution >= 0.6 is 0 Å². The molecule has 3 saturated carbocycles. The standard InChI is InChI=1S/C29H35F3N2O2/c1-27-15-13-20-18(9-12-24-28(20,2)16-14-25(35)34(24)17-7-8-17)19(27)10-11-22(27)26(36)33-23-6-4-3-5-21(23)29(30,31)32/h3-6,12,17-20,22H,7-11,13-16H2,1-2H3,(H,33,36)/t18-,19-,20-,22+,27-,28+/m0/s1. The van der Waals surface area contributed by atoms with E-state index >= 15 is 0 Å². The lowest BCUT2D eigenvalue weighted by Crippen LogP contribution is -2.55. The number of hydrogen-bond donors (Lipinski definition) is 1. The number of amides is 2. The van der Waals surface area contributed by atoms with Crippen LogP contribution in [0, 0.1) is 34.5 Å². The predicted molar refractivity (Wildman–Crippen MR) is 131 cm³/mol. The van der Waals surface area contributed by atoms with E-state index in [1.807, 2.05) is 0 Å². The number of carbonyl (C=O) groups is 2. The van der Waals surface area contributed by atoms with Crippen molar-refractivity contribution in [3.05, 3.63) is 41.6 Å². The molecular formula is C29H35F3N2O2. The van der Waals surface area contributed by atoms with Gasteiger partial charge in [-0.25, -0.2) is 0 Å². The molecule has 36 heavy (non-hydrogen) atoms. The van der Waals surface area contributed by atoms with Gasteiger partial charge in [0.1, 0.15) is 0 Å². The second-order valence-corrected chi connectivity index (χ2v) is 12.3. The van der Waals surface area contributed by atoms with Crippen LogP contribution in [0.4, 0.5) is 18.9 Å². The number of nitrogens with one attached hydrogen (secondary N) is 1. The number of para-hydroxylation sites is 1. The molecule has 4 nitrogen and oxygen atoms in total. The summed E-state index contributed by atoms with van der Waals surface area (Å²) in [7, 11) is 0. The molecule has 1 aromatic rings. The Hall–Kier alpha value is -2.31. The third-order valence-electron chi connectivity index (χ3n) is 10.5. The van der Waals surface area contributed by atoms with Gasteiger partial charge < -0.3 is 10.2 Å². The van der Waals surface area contributed by atoms with Crippen LogP contribution < -0.4 is 5.32 Å². The maximum Gasteiger partial charge on any atom is 0.418 e. The molecule has 5 aliphatic rings. The molecule has 0 unspecified atom stereocenters. The quantitative estimate of drug-likeness (QED) is 0.497. The Morgan fingerprint density at radius 1 is 1.03 bits per heavy atom. The molecule has 0 spiro atoms. The van der Waals surface area contributed by atoms with E-state index in [4.69, 9.17) is 0 Å². The summed E-state index contributed by atoms with van der Waals surface area (Å²) in [4.78, 5) is 28.3. The molecule has 1 heterocycles. The summed E-state index contributed by atoms with van der Waals surface area (Å²) in [5.74, 6) is 1.00. The van der Waals surface area contributed by atoms with E-state index < -0.39 is 11.7 Å². The molecule has 194 valence electrons. The molecule has 4 fully saturated rings. The highest BCUT2D eigenvalue weighted by Gasteiger charge is 2.61. The Kier molecular flexibility index (Phi) is 5.41. The zero-order valence-electron chi connectivity index (χ0n) is 21.0. The third-order valence-corrected chi connectivity index (χ3v) is 10.5. The second kappa shape index (κ2) is 8.09. The van der Waals surface area contributed by atoms with Gasteiger partial charge in [0.2, 0.25) is 11.8 Å². The molecular weight excluding hydrogens is 465 g/mol. The predicted octanol–water partition coefficient (Wildman–Crippen LogP) is 6.78. The molecule has 4 aliphatic carbocycles. The highest BCUT2D eigenvalue weighted by atomic mass is 19.4. The van der Waals surface area contributed by atoms with E-state index in [1.54, 1.807) is 0 Å². The molecule has 1 aliphatic heterocycles. The van der Waals surface area contributed by atoms with E-state index in [-0.39, 0.29) is 34.2 Å². The Labute approximate surface area is 210 Å². The highest BCUT2D eigenvalue weighted by molar-refractivity contribution is 5.94. The van der Waals surface area contributed by atoms with Gasteiger partial charge in [0.25, 0.3) is 0 Å². The number of hydrogen-bond acceptors (Lipinski definition) is 2. The van der Waals surface area contributed by atoms with Crippen molar-refractivity contribution in [2.24, 2.45) is 34.5 Å². The van der Waals surface area contributed by atoms with Crippen molar-refractivity contribution in [3.63, 3.8) is 0 Å². The Morgan fingerprint density at radius 3 is 2.50 bits per heavy atom. The van der Waals surface area contributed by atoms with Crippen molar-refractivity contribution in [1.82, 2.24) is 4.90 Å². The molecule has 7 heteroatoms. The SMILES string of the molecule is C[C@]12CC[C@H]3[C@@H](CC=C4N(C5CC5)C(=O)CC[C@@]43C)[C@@H]1CC[C@@H]2C(=O)Nc1ccccc1C(F)(F)F. The molecule has 1 aromatic carbocycles. The van der Waals surface area contributed by atoms with Gasteiger partial charge in [-0.2, -0.15) is 13.2 Å². The van der Waals surface area contributed by atoms with Crippen LogP contribution in [0.5, 0.6) is 0 Å². The molecule has 2 amide bonds. The number of likely N-dealkylation sites (tertiary alicyclic amines) is 1. The number of rotatable bonds is 3. The van der Waals surface area contributed by atoms with E-state index in [9.17, 15) is 22.8 Å². The van der Waals surface area contributed by atoms with E-state index in [0.717, 1.165) is 51.0 Å². The van der Waals surface area contributed by atoms with Crippen molar-refractivity contribution >= 4 is 17.5 Å². The summed E-state index contributed by atoms with van der Waals surface area (Å²) >= 11 is 0. The zero-order valence-corrected chi connectivity index (χ0v) is 21.0. The fourth-order valence-electron chi connectivity index (χ4n) is 8.61. The monoisotopic (exact) mass is 500 g/mol. The molecule has 1 N–H and O–H groups in total. The fraction of sp³-hybridized carbons (Fsp3) is 0.655. The zero-order chi connectivity index (χ0) is 25.5. The van der Waals surface area contributed by atoms with E-state index in [1.165, 1.54) is 23.9 Å². The van der Waals surface area contributed by atoms with Crippen molar-refractivity contribution in [2.75, 3.05) is 5.32 Å². The first-order valence-corrected chi connectivity index (χ1v) is 13.5. The van der Waals surface area contributed by atoms with Gasteiger partial charge in [0.05, 0.1) is 11.3 Å². The van der Waals surface area contributed by atoms with Crippen LogP contribution in [-0.2, 0) is 15.8 Å². The van der Waals surface area contributed by atoms with Gasteiger partial charge >= 0.3 is 6.18 Å². The summed E-state index contributed by atoms with van der Waals surface area (Å²) < 4.78 is 40.5. The molecule has 0 radical (unpaired) electrons. The summed E-state index contributed by atoms with van der Waals surface area (Å²) in [6, 6.07) is 5.62. The second-order valence-electron chi connectivity index (χ2n) is 12.3. The van der Waals surface area contributed by atoms with Crippen LogP contribution in [0.2, 0.25) is 0 Å². The van der Waals surface area contributed by atoms with Crippen molar-refractivity contribution in [3.8, 4) is 0 Å². The Bertz CT molecular complexity index is 1130. The Morgan fingerprint density at radius 2 is 1.78 bits per heavy atom. The number of alkyl halides is 3. The van der Waals surface area contributed by atoms with E-state index in [0.29, 0.717) is 36.6 Å². The molecule has 6 rings (SSSR count). The lowest BCUT2D eigenvalue weighted by Gasteiger charge is -2.58. The van der Waals surface area contributed by atoms with Gasteiger partial charge in [0.15, 0.2) is 0 Å². The van der Waals surface area contributed by atoms with Crippen LogP contribution in [0.3, 0.4) is 0 Å². The molecule has 6 atom stereocenters. The number of fused-ring (bicyclic) bond motifs is 5. The number of halogens is 3. The average molecular weight is 501 g/mol. The summed E-state index contributed by atoms with van der Waals surface area (Å²) in [5, 5.41) is 2.66. The topological polar surface area (TPSA) is 49.4 Å². The normalized spacial score (nSPS) is 38.1. The number of piperidine rings is 1. The number of allylic oxidation sites excluding steroid dienone is 2. The minimum absolute atomic E-state index is 0.00720. The maximum absolute atomic E-state index is 13.5. The average Bonchev–Trinajstić information content (AvgIpc) is 3.59. The minimum Gasteiger partial charge on any atom is -0.325 e. The summed E-state index contributed by atoms with van der Waals surface area (Å²) in [6.45, 7) is 4.55. The van der Waals surface area contributed by atoms with Crippen molar-refractivity contribution in [2.45, 2.75) is 83.9 Å². The van der Waals surface area contributed by atoms with Crippen LogP contribution in [0.15, 0.2) is 36.0 Å². The van der Waals surface area contributed by atoms with Crippen LogP contribution in [-0.4, -0.2) is 22.8 Å². The first kappa shape index (κ1) is 24.1. The maximum atomic E-state index is 13.5. The first-order valence-electron chi connectivity index (χ1n) is 13.5. The van der Waals surface area contributed by atoms with Gasteiger partial charge in [-0.05, 0) is 86.7 Å². The Balaban J connectivity index is 1.25. The van der Waals surface area contributed by atoms with Gasteiger partial charge in [-0.15, -0.1) is 0 Å². The lowest BCUT2D eigenvalue weighted by atomic mass is 9.49. The number of nitrogens with zero attached hydrogens (tertiary/aromatic N) is 1. The highest BCUT2D eigenvalue weighted by Crippen LogP contribution is 2.66. The fourth-order valence-corrected chi connectivity index (χ4v) is 8.61. The van der Waals surface area contributed by atoms with Gasteiger partial charge in [-0.1, -0.05) is 32.1 Å². The number of benzene rings is 1. The van der Waals surface area contributed by atoms with Gasteiger partial charge in [-0.3, -0.25) is 9.59 Å². The largest absolute Gasteiger partial charge is 0.418 e. The third kappa shape index (κ3) is 3.55. The van der Waals surface area contributed by atoms with Crippen LogP contribution in [0.25, 0.3) is 0 Å². The number of anilines is 1.